The molecule has 1 aliphatic carbocycles. The van der Waals surface area contributed by atoms with Gasteiger partial charge in [0.1, 0.15) is 0 Å². The zero-order valence-electron chi connectivity index (χ0n) is 11.6. The van der Waals surface area contributed by atoms with Crippen LogP contribution in [-0.4, -0.2) is 16.3 Å². The molecule has 1 saturated carbocycles. The van der Waals surface area contributed by atoms with Gasteiger partial charge < -0.3 is 4.74 Å². The number of ether oxygens (including phenoxy) is 1. The molecule has 0 spiro atoms. The van der Waals surface area contributed by atoms with Crippen LogP contribution in [0, 0.1) is 11.3 Å². The van der Waals surface area contributed by atoms with Gasteiger partial charge in [-0.1, -0.05) is 30.3 Å². The lowest BCUT2D eigenvalue weighted by Crippen LogP contribution is -2.33. The largest absolute Gasteiger partial charge is 0.373 e. The second-order valence-electron chi connectivity index (χ2n) is 5.12. The van der Waals surface area contributed by atoms with Gasteiger partial charge in [0, 0.05) is 11.4 Å². The van der Waals surface area contributed by atoms with Crippen molar-refractivity contribution in [2.75, 3.05) is 0 Å². The van der Waals surface area contributed by atoms with Crippen LogP contribution >= 0.6 is 11.8 Å². The van der Waals surface area contributed by atoms with E-state index in [0.29, 0.717) is 23.5 Å². The van der Waals surface area contributed by atoms with E-state index >= 15 is 0 Å². The Hall–Kier alpha value is -1.83. The molecule has 0 saturated heterocycles. The van der Waals surface area contributed by atoms with Crippen molar-refractivity contribution in [3.8, 4) is 6.07 Å². The van der Waals surface area contributed by atoms with E-state index in [1.807, 2.05) is 24.3 Å². The molecule has 106 valence electrons. The fraction of sp³-hybridized carbons (Fsp3) is 0.294. The van der Waals surface area contributed by atoms with E-state index in [-0.39, 0.29) is 0 Å². The third kappa shape index (κ3) is 3.84. The summed E-state index contributed by atoms with van der Waals surface area (Å²) in [6.45, 7) is 0.686. The highest BCUT2D eigenvalue weighted by Gasteiger charge is 2.30. The average molecular weight is 296 g/mol. The molecule has 1 aromatic carbocycles. The van der Waals surface area contributed by atoms with Crippen molar-refractivity contribution < 1.29 is 4.74 Å². The van der Waals surface area contributed by atoms with Crippen molar-refractivity contribution in [2.45, 2.75) is 35.8 Å². The van der Waals surface area contributed by atoms with Crippen LogP contribution in [0.15, 0.2) is 53.7 Å². The summed E-state index contributed by atoms with van der Waals surface area (Å²) in [7, 11) is 0. The highest BCUT2D eigenvalue weighted by molar-refractivity contribution is 7.99. The van der Waals surface area contributed by atoms with Gasteiger partial charge in [0.15, 0.2) is 0 Å². The van der Waals surface area contributed by atoms with Gasteiger partial charge >= 0.3 is 0 Å². The van der Waals surface area contributed by atoms with Gasteiger partial charge in [0.25, 0.3) is 0 Å². The molecule has 0 N–H and O–H groups in total. The number of aromatic nitrogens is 1. The normalized spacial score (nSPS) is 20.5. The summed E-state index contributed by atoms with van der Waals surface area (Å²) < 4.78 is 5.89. The maximum atomic E-state index is 8.88. The van der Waals surface area contributed by atoms with Crippen molar-refractivity contribution in [3.05, 3.63) is 59.8 Å². The monoisotopic (exact) mass is 296 g/mol. The quantitative estimate of drug-likeness (QED) is 0.842. The van der Waals surface area contributed by atoms with E-state index in [1.165, 1.54) is 5.56 Å². The van der Waals surface area contributed by atoms with E-state index in [4.69, 9.17) is 10.00 Å². The Morgan fingerprint density at radius 1 is 1.24 bits per heavy atom. The van der Waals surface area contributed by atoms with Crippen LogP contribution in [0.25, 0.3) is 0 Å². The van der Waals surface area contributed by atoms with Crippen LogP contribution in [-0.2, 0) is 11.3 Å². The van der Waals surface area contributed by atoms with Gasteiger partial charge in [0.2, 0.25) is 0 Å². The van der Waals surface area contributed by atoms with Crippen LogP contribution in [0.4, 0.5) is 0 Å². The summed E-state index contributed by atoms with van der Waals surface area (Å²) in [6.07, 6.45) is 4.15. The predicted octanol–water partition coefficient (Wildman–Crippen LogP) is 3.79. The summed E-state index contributed by atoms with van der Waals surface area (Å²) in [5.74, 6) is 0. The second-order valence-corrected chi connectivity index (χ2v) is 6.45. The Balaban J connectivity index is 1.42. The van der Waals surface area contributed by atoms with Gasteiger partial charge in [0.05, 0.1) is 29.4 Å². The first-order valence-electron chi connectivity index (χ1n) is 7.02. The van der Waals surface area contributed by atoms with Crippen molar-refractivity contribution in [2.24, 2.45) is 0 Å². The number of nitrogens with zero attached hydrogens (tertiary/aromatic N) is 2. The third-order valence-electron chi connectivity index (χ3n) is 3.53. The number of rotatable bonds is 5. The third-order valence-corrected chi connectivity index (χ3v) is 4.71. The first kappa shape index (κ1) is 14.1. The molecule has 0 bridgehead atoms. The van der Waals surface area contributed by atoms with Gasteiger partial charge in [-0.3, -0.25) is 0 Å². The molecular formula is C17H16N2OS. The van der Waals surface area contributed by atoms with Crippen LogP contribution in [0.5, 0.6) is 0 Å². The molecule has 3 nitrogen and oxygen atoms in total. The van der Waals surface area contributed by atoms with Crippen molar-refractivity contribution in [1.82, 2.24) is 4.98 Å². The molecule has 1 aliphatic rings. The zero-order chi connectivity index (χ0) is 14.5. The highest BCUT2D eigenvalue weighted by atomic mass is 32.2. The number of nitriles is 1. The topological polar surface area (TPSA) is 45.9 Å². The minimum absolute atomic E-state index is 0.349. The van der Waals surface area contributed by atoms with E-state index in [2.05, 4.69) is 23.2 Å². The number of hydrogen-bond donors (Lipinski definition) is 0. The summed E-state index contributed by atoms with van der Waals surface area (Å²) in [4.78, 5) is 4.30. The van der Waals surface area contributed by atoms with E-state index in [0.717, 1.165) is 17.9 Å². The van der Waals surface area contributed by atoms with E-state index in [1.54, 1.807) is 24.0 Å². The predicted molar refractivity (Wildman–Crippen MR) is 82.9 cm³/mol. The van der Waals surface area contributed by atoms with Crippen molar-refractivity contribution in [1.29, 1.82) is 5.26 Å². The summed E-state index contributed by atoms with van der Waals surface area (Å²) >= 11 is 1.74. The van der Waals surface area contributed by atoms with Gasteiger partial charge in [-0.15, -0.1) is 11.8 Å². The first-order valence-corrected chi connectivity index (χ1v) is 7.90. The van der Waals surface area contributed by atoms with E-state index < -0.39 is 0 Å². The summed E-state index contributed by atoms with van der Waals surface area (Å²) in [6, 6.07) is 16.0. The molecule has 0 unspecified atom stereocenters. The molecule has 4 heteroatoms. The minimum Gasteiger partial charge on any atom is -0.373 e. The second kappa shape index (κ2) is 6.75. The Bertz CT molecular complexity index is 633. The lowest BCUT2D eigenvalue weighted by Gasteiger charge is -2.34. The fourth-order valence-corrected chi connectivity index (χ4v) is 3.53. The highest BCUT2D eigenvalue weighted by Crippen LogP contribution is 2.37. The molecule has 21 heavy (non-hydrogen) atoms. The van der Waals surface area contributed by atoms with E-state index in [9.17, 15) is 0 Å². The molecule has 2 aromatic rings. The van der Waals surface area contributed by atoms with Crippen molar-refractivity contribution >= 4 is 11.8 Å². The number of hydrogen-bond acceptors (Lipinski definition) is 4. The number of pyridine rings is 1. The van der Waals surface area contributed by atoms with Crippen LogP contribution < -0.4 is 0 Å². The molecule has 0 aliphatic heterocycles. The standard InChI is InChI=1S/C17H16N2OS/c18-11-14-6-7-19-17(8-14)21-16-9-15(10-16)20-12-13-4-2-1-3-5-13/h1-8,15-16H,9-10,12H2. The molecular weight excluding hydrogens is 280 g/mol. The lowest BCUT2D eigenvalue weighted by atomic mass is 9.95. The summed E-state index contributed by atoms with van der Waals surface area (Å²) in [5.41, 5.74) is 1.89. The van der Waals surface area contributed by atoms with Gasteiger partial charge in [-0.2, -0.15) is 5.26 Å². The zero-order valence-corrected chi connectivity index (χ0v) is 12.4. The Labute approximate surface area is 129 Å². The first-order chi connectivity index (χ1) is 10.3. The van der Waals surface area contributed by atoms with Gasteiger partial charge in [-0.05, 0) is 30.5 Å². The van der Waals surface area contributed by atoms with Gasteiger partial charge in [-0.25, -0.2) is 4.98 Å². The Kier molecular flexibility index (Phi) is 4.54. The molecule has 0 radical (unpaired) electrons. The molecule has 0 atom stereocenters. The molecule has 1 fully saturated rings. The average Bonchev–Trinajstić information content (AvgIpc) is 2.50. The van der Waals surface area contributed by atoms with Crippen LogP contribution in [0.3, 0.4) is 0 Å². The Morgan fingerprint density at radius 2 is 2.05 bits per heavy atom. The fourth-order valence-electron chi connectivity index (χ4n) is 2.25. The lowest BCUT2D eigenvalue weighted by molar-refractivity contribution is -0.00501. The van der Waals surface area contributed by atoms with Crippen LogP contribution in [0.1, 0.15) is 24.0 Å². The number of benzene rings is 1. The maximum absolute atomic E-state index is 8.88. The Morgan fingerprint density at radius 3 is 2.81 bits per heavy atom. The number of thioether (sulfide) groups is 1. The smallest absolute Gasteiger partial charge is 0.0993 e. The molecule has 1 aromatic heterocycles. The minimum atomic E-state index is 0.349. The molecule has 1 heterocycles. The SMILES string of the molecule is N#Cc1ccnc(SC2CC(OCc3ccccc3)C2)c1. The molecule has 0 amide bonds. The maximum Gasteiger partial charge on any atom is 0.0993 e. The molecule has 3 rings (SSSR count). The summed E-state index contributed by atoms with van der Waals surface area (Å²) in [5, 5.41) is 10.4. The van der Waals surface area contributed by atoms with Crippen molar-refractivity contribution in [3.63, 3.8) is 0 Å². The van der Waals surface area contributed by atoms with Crippen LogP contribution in [0.2, 0.25) is 0 Å².